The maximum Gasteiger partial charge on any atom is 0.325 e. The van der Waals surface area contributed by atoms with E-state index in [0.29, 0.717) is 23.2 Å². The van der Waals surface area contributed by atoms with Gasteiger partial charge in [-0.25, -0.2) is 4.79 Å². The molecule has 156 valence electrons. The Kier molecular flexibility index (Phi) is 6.07. The maximum atomic E-state index is 12.2. The summed E-state index contributed by atoms with van der Waals surface area (Å²) < 4.78 is 0. The van der Waals surface area contributed by atoms with Crippen molar-refractivity contribution >= 4 is 0 Å². The summed E-state index contributed by atoms with van der Waals surface area (Å²) >= 11 is 0. The molecule has 1 aromatic heterocycles. The van der Waals surface area contributed by atoms with Gasteiger partial charge in [0.05, 0.1) is 5.56 Å². The lowest BCUT2D eigenvalue weighted by atomic mass is 9.79. The first-order chi connectivity index (χ1) is 13.5. The third-order valence-electron chi connectivity index (χ3n) is 7.47. The van der Waals surface area contributed by atoms with E-state index >= 15 is 0 Å². The summed E-state index contributed by atoms with van der Waals surface area (Å²) in [5.74, 6) is 0.960. The molecule has 1 aliphatic carbocycles. The fourth-order valence-electron chi connectivity index (χ4n) is 5.88. The first-order valence-electron chi connectivity index (χ1n) is 11.3. The van der Waals surface area contributed by atoms with E-state index in [1.807, 2.05) is 6.92 Å². The smallest absolute Gasteiger partial charge is 0.311 e. The van der Waals surface area contributed by atoms with Crippen molar-refractivity contribution in [3.8, 4) is 0 Å². The number of likely N-dealkylation sites (tertiary alicyclic amines) is 2. The Morgan fingerprint density at radius 1 is 0.964 bits per heavy atom. The fourth-order valence-corrected chi connectivity index (χ4v) is 5.88. The number of nitrogens with zero attached hydrogens (tertiary/aromatic N) is 2. The van der Waals surface area contributed by atoms with Gasteiger partial charge in [-0.15, -0.1) is 0 Å². The first kappa shape index (κ1) is 19.9. The predicted molar refractivity (Wildman–Crippen MR) is 112 cm³/mol. The molecular weight excluding hydrogens is 352 g/mol. The van der Waals surface area contributed by atoms with Gasteiger partial charge in [-0.05, 0) is 63.6 Å². The Hall–Kier alpha value is -1.40. The van der Waals surface area contributed by atoms with Crippen LogP contribution in [0.25, 0.3) is 0 Å². The summed E-state index contributed by atoms with van der Waals surface area (Å²) in [4.78, 5) is 33.9. The molecule has 0 aromatic carbocycles. The minimum atomic E-state index is -0.412. The van der Waals surface area contributed by atoms with Gasteiger partial charge in [-0.2, -0.15) is 0 Å². The summed E-state index contributed by atoms with van der Waals surface area (Å²) in [7, 11) is 0. The second kappa shape index (κ2) is 8.54. The Bertz CT molecular complexity index is 779. The molecule has 1 atom stereocenters. The van der Waals surface area contributed by atoms with Crippen LogP contribution in [0, 0.1) is 18.3 Å². The molecular formula is C22H36N4O2. The SMILES string of the molecule is Cc1[nH]c(=O)[nH]c(=O)c1CN1CCC2(CCCN(CCC3CCCCC3)C2)C1. The fraction of sp³-hybridized carbons (Fsp3) is 0.818. The lowest BCUT2D eigenvalue weighted by Gasteiger charge is -2.41. The minimum absolute atomic E-state index is 0.236. The van der Waals surface area contributed by atoms with E-state index < -0.39 is 5.69 Å². The molecule has 2 N–H and O–H groups in total. The third-order valence-corrected chi connectivity index (χ3v) is 7.47. The normalized spacial score (nSPS) is 27.6. The first-order valence-corrected chi connectivity index (χ1v) is 11.3. The van der Waals surface area contributed by atoms with Crippen molar-refractivity contribution in [3.63, 3.8) is 0 Å². The molecule has 3 heterocycles. The second-order valence-electron chi connectivity index (χ2n) is 9.64. The molecule has 2 aliphatic heterocycles. The predicted octanol–water partition coefficient (Wildman–Crippen LogP) is 2.63. The van der Waals surface area contributed by atoms with E-state index in [4.69, 9.17) is 0 Å². The Labute approximate surface area is 167 Å². The largest absolute Gasteiger partial charge is 0.325 e. The Balaban J connectivity index is 1.33. The van der Waals surface area contributed by atoms with Gasteiger partial charge in [-0.3, -0.25) is 14.7 Å². The van der Waals surface area contributed by atoms with Crippen LogP contribution in [0.5, 0.6) is 0 Å². The number of hydrogen-bond donors (Lipinski definition) is 2. The van der Waals surface area contributed by atoms with E-state index in [1.54, 1.807) is 0 Å². The van der Waals surface area contributed by atoms with Crippen molar-refractivity contribution in [2.45, 2.75) is 71.3 Å². The van der Waals surface area contributed by atoms with Crippen molar-refractivity contribution < 1.29 is 0 Å². The molecule has 1 saturated carbocycles. The summed E-state index contributed by atoms with van der Waals surface area (Å²) in [5, 5.41) is 0. The Morgan fingerprint density at radius 3 is 2.54 bits per heavy atom. The lowest BCUT2D eigenvalue weighted by Crippen LogP contribution is -2.45. The van der Waals surface area contributed by atoms with Crippen molar-refractivity contribution in [1.29, 1.82) is 0 Å². The van der Waals surface area contributed by atoms with Crippen LogP contribution in [0.15, 0.2) is 9.59 Å². The Morgan fingerprint density at radius 2 is 1.75 bits per heavy atom. The third kappa shape index (κ3) is 4.60. The van der Waals surface area contributed by atoms with Gasteiger partial charge in [0, 0.05) is 25.3 Å². The standard InChI is InChI=1S/C22H36N4O2/c1-17-19(20(27)24-21(28)23-17)14-26-13-10-22(16-26)9-5-11-25(15-22)12-8-18-6-3-2-4-7-18/h18H,2-16H2,1H3,(H2,23,24,27,28). The van der Waals surface area contributed by atoms with Gasteiger partial charge in [0.1, 0.15) is 0 Å². The van der Waals surface area contributed by atoms with Gasteiger partial charge in [-0.1, -0.05) is 32.1 Å². The van der Waals surface area contributed by atoms with Gasteiger partial charge in [0.15, 0.2) is 0 Å². The van der Waals surface area contributed by atoms with Crippen LogP contribution < -0.4 is 11.2 Å². The van der Waals surface area contributed by atoms with Crippen molar-refractivity contribution in [2.24, 2.45) is 11.3 Å². The summed E-state index contributed by atoms with van der Waals surface area (Å²) in [6.45, 7) is 8.34. The number of aromatic amines is 2. The average Bonchev–Trinajstić information content (AvgIpc) is 3.06. The maximum absolute atomic E-state index is 12.2. The minimum Gasteiger partial charge on any atom is -0.311 e. The summed E-state index contributed by atoms with van der Waals surface area (Å²) in [5.41, 5.74) is 1.16. The molecule has 1 aromatic rings. The van der Waals surface area contributed by atoms with Crippen LogP contribution in [0.1, 0.15) is 69.0 Å². The molecule has 6 nitrogen and oxygen atoms in total. The molecule has 4 rings (SSSR count). The number of rotatable bonds is 5. The molecule has 3 fully saturated rings. The molecule has 0 radical (unpaired) electrons. The molecule has 1 spiro atoms. The summed E-state index contributed by atoms with van der Waals surface area (Å²) in [6.07, 6.45) is 12.4. The van der Waals surface area contributed by atoms with E-state index in [-0.39, 0.29) is 5.56 Å². The number of hydrogen-bond acceptors (Lipinski definition) is 4. The van der Waals surface area contributed by atoms with Crippen LogP contribution in [0.4, 0.5) is 0 Å². The molecule has 0 amide bonds. The van der Waals surface area contributed by atoms with E-state index in [1.165, 1.54) is 77.4 Å². The zero-order chi connectivity index (χ0) is 19.6. The number of H-pyrrole nitrogens is 2. The molecule has 0 bridgehead atoms. The van der Waals surface area contributed by atoms with Crippen LogP contribution in [0.2, 0.25) is 0 Å². The zero-order valence-corrected chi connectivity index (χ0v) is 17.4. The highest BCUT2D eigenvalue weighted by molar-refractivity contribution is 5.15. The molecule has 1 unspecified atom stereocenters. The van der Waals surface area contributed by atoms with Gasteiger partial charge < -0.3 is 9.88 Å². The van der Waals surface area contributed by atoms with Crippen LogP contribution in [0.3, 0.4) is 0 Å². The van der Waals surface area contributed by atoms with E-state index in [9.17, 15) is 9.59 Å². The number of piperidine rings is 1. The second-order valence-corrected chi connectivity index (χ2v) is 9.64. The topological polar surface area (TPSA) is 72.2 Å². The quantitative estimate of drug-likeness (QED) is 0.813. The van der Waals surface area contributed by atoms with Gasteiger partial charge in [0.25, 0.3) is 5.56 Å². The number of aromatic nitrogens is 2. The molecule has 28 heavy (non-hydrogen) atoms. The van der Waals surface area contributed by atoms with Crippen LogP contribution in [-0.4, -0.2) is 52.5 Å². The highest BCUT2D eigenvalue weighted by atomic mass is 16.2. The average molecular weight is 389 g/mol. The molecule has 3 aliphatic rings. The lowest BCUT2D eigenvalue weighted by molar-refractivity contribution is 0.0852. The highest BCUT2D eigenvalue weighted by Crippen LogP contribution is 2.39. The van der Waals surface area contributed by atoms with Crippen LogP contribution in [-0.2, 0) is 6.54 Å². The van der Waals surface area contributed by atoms with Crippen molar-refractivity contribution in [2.75, 3.05) is 32.7 Å². The van der Waals surface area contributed by atoms with Crippen LogP contribution >= 0.6 is 0 Å². The summed E-state index contributed by atoms with van der Waals surface area (Å²) in [6, 6.07) is 0. The van der Waals surface area contributed by atoms with Crippen molar-refractivity contribution in [1.82, 2.24) is 19.8 Å². The molecule has 2 saturated heterocycles. The zero-order valence-electron chi connectivity index (χ0n) is 17.4. The van der Waals surface area contributed by atoms with Gasteiger partial charge >= 0.3 is 5.69 Å². The number of aryl methyl sites for hydroxylation is 1. The highest BCUT2D eigenvalue weighted by Gasteiger charge is 2.41. The van der Waals surface area contributed by atoms with E-state index in [0.717, 1.165) is 19.0 Å². The number of nitrogens with one attached hydrogen (secondary N) is 2. The van der Waals surface area contributed by atoms with Gasteiger partial charge in [0.2, 0.25) is 0 Å². The monoisotopic (exact) mass is 388 g/mol. The molecule has 6 heteroatoms. The van der Waals surface area contributed by atoms with E-state index in [2.05, 4.69) is 19.8 Å². The van der Waals surface area contributed by atoms with Crippen molar-refractivity contribution in [3.05, 3.63) is 32.1 Å².